The Bertz CT molecular complexity index is 399. The Labute approximate surface area is 106 Å². The van der Waals surface area contributed by atoms with Gasteiger partial charge < -0.3 is 5.11 Å². The van der Waals surface area contributed by atoms with Crippen molar-refractivity contribution in [1.82, 2.24) is 4.90 Å². The number of likely N-dealkylation sites (tertiary alicyclic amines) is 1. The third-order valence-corrected chi connectivity index (χ3v) is 3.46. The number of carboxylic acid groups (broad SMARTS) is 1. The topological polar surface area (TPSA) is 40.5 Å². The molecule has 1 unspecified atom stereocenters. The molecule has 1 aromatic rings. The van der Waals surface area contributed by atoms with E-state index in [9.17, 15) is 14.3 Å². The molecule has 0 bridgehead atoms. The van der Waals surface area contributed by atoms with Crippen molar-refractivity contribution in [1.29, 1.82) is 0 Å². The Morgan fingerprint density at radius 1 is 1.22 bits per heavy atom. The van der Waals surface area contributed by atoms with Crippen LogP contribution in [-0.2, 0) is 11.2 Å². The minimum Gasteiger partial charge on any atom is -0.480 e. The molecule has 0 aliphatic carbocycles. The summed E-state index contributed by atoms with van der Waals surface area (Å²) in [5, 5.41) is 9.33. The van der Waals surface area contributed by atoms with E-state index in [1.807, 2.05) is 4.90 Å². The molecular formula is C14H18FNO2. The largest absolute Gasteiger partial charge is 0.480 e. The van der Waals surface area contributed by atoms with Crippen LogP contribution in [0.25, 0.3) is 0 Å². The second-order valence-corrected chi connectivity index (χ2v) is 4.78. The van der Waals surface area contributed by atoms with Gasteiger partial charge in [-0.2, -0.15) is 0 Å². The van der Waals surface area contributed by atoms with Gasteiger partial charge in [-0.05, 0) is 50.0 Å². The van der Waals surface area contributed by atoms with Crippen LogP contribution in [0.15, 0.2) is 24.3 Å². The van der Waals surface area contributed by atoms with E-state index < -0.39 is 12.0 Å². The lowest BCUT2D eigenvalue weighted by atomic mass is 10.0. The van der Waals surface area contributed by atoms with Crippen LogP contribution in [0.2, 0.25) is 0 Å². The molecule has 1 fully saturated rings. The molecule has 1 atom stereocenters. The van der Waals surface area contributed by atoms with Gasteiger partial charge in [0.25, 0.3) is 0 Å². The minimum absolute atomic E-state index is 0.288. The van der Waals surface area contributed by atoms with Crippen molar-refractivity contribution in [2.45, 2.75) is 31.7 Å². The summed E-state index contributed by atoms with van der Waals surface area (Å²) in [6, 6.07) is 5.59. The number of piperidine rings is 1. The molecule has 18 heavy (non-hydrogen) atoms. The second-order valence-electron chi connectivity index (χ2n) is 4.78. The molecular weight excluding hydrogens is 233 g/mol. The second kappa shape index (κ2) is 5.96. The summed E-state index contributed by atoms with van der Waals surface area (Å²) in [7, 11) is 0. The van der Waals surface area contributed by atoms with Crippen molar-refractivity contribution < 1.29 is 14.3 Å². The lowest BCUT2D eigenvalue weighted by molar-refractivity contribution is -0.143. The third kappa shape index (κ3) is 3.29. The molecule has 2 rings (SSSR count). The van der Waals surface area contributed by atoms with Crippen LogP contribution in [0.4, 0.5) is 4.39 Å². The lowest BCUT2D eigenvalue weighted by Gasteiger charge is -2.32. The molecule has 3 nitrogen and oxygen atoms in total. The van der Waals surface area contributed by atoms with Gasteiger partial charge in [0.05, 0.1) is 0 Å². The predicted molar refractivity (Wildman–Crippen MR) is 67.0 cm³/mol. The summed E-state index contributed by atoms with van der Waals surface area (Å²) in [4.78, 5) is 13.4. The maximum Gasteiger partial charge on any atom is 0.321 e. The predicted octanol–water partition coefficient (Wildman–Crippen LogP) is 2.31. The SMILES string of the molecule is O=C(O)C(Cc1ccc(F)cc1)N1CCCCC1. The maximum atomic E-state index is 12.8. The quantitative estimate of drug-likeness (QED) is 0.892. The average Bonchev–Trinajstić information content (AvgIpc) is 2.38. The Morgan fingerprint density at radius 3 is 2.39 bits per heavy atom. The molecule has 0 spiro atoms. The van der Waals surface area contributed by atoms with Crippen molar-refractivity contribution in [2.75, 3.05) is 13.1 Å². The third-order valence-electron chi connectivity index (χ3n) is 3.46. The molecule has 1 heterocycles. The molecule has 0 aromatic heterocycles. The highest BCUT2D eigenvalue weighted by Gasteiger charge is 2.26. The Morgan fingerprint density at radius 2 is 1.83 bits per heavy atom. The number of hydrogen-bond acceptors (Lipinski definition) is 2. The fraction of sp³-hybridized carbons (Fsp3) is 0.500. The summed E-state index contributed by atoms with van der Waals surface area (Å²) in [6.45, 7) is 1.69. The van der Waals surface area contributed by atoms with E-state index in [1.165, 1.54) is 18.6 Å². The molecule has 98 valence electrons. The summed E-state index contributed by atoms with van der Waals surface area (Å²) in [5.74, 6) is -1.08. The number of benzene rings is 1. The maximum absolute atomic E-state index is 12.8. The first-order valence-corrected chi connectivity index (χ1v) is 6.38. The van der Waals surface area contributed by atoms with E-state index in [0.717, 1.165) is 31.5 Å². The lowest BCUT2D eigenvalue weighted by Crippen LogP contribution is -2.45. The first-order chi connectivity index (χ1) is 8.66. The van der Waals surface area contributed by atoms with Crippen LogP contribution >= 0.6 is 0 Å². The monoisotopic (exact) mass is 251 g/mol. The number of carboxylic acids is 1. The molecule has 1 aromatic carbocycles. The molecule has 4 heteroatoms. The van der Waals surface area contributed by atoms with E-state index in [-0.39, 0.29) is 5.82 Å². The van der Waals surface area contributed by atoms with Crippen LogP contribution < -0.4 is 0 Å². The number of hydrogen-bond donors (Lipinski definition) is 1. The van der Waals surface area contributed by atoms with E-state index in [4.69, 9.17) is 0 Å². The zero-order chi connectivity index (χ0) is 13.0. The van der Waals surface area contributed by atoms with Gasteiger partial charge in [0.2, 0.25) is 0 Å². The van der Waals surface area contributed by atoms with Gasteiger partial charge in [-0.15, -0.1) is 0 Å². The zero-order valence-corrected chi connectivity index (χ0v) is 10.3. The summed E-state index contributed by atoms with van der Waals surface area (Å²) >= 11 is 0. The molecule has 0 radical (unpaired) electrons. The van der Waals surface area contributed by atoms with Crippen molar-refractivity contribution in [3.63, 3.8) is 0 Å². The number of aliphatic carboxylic acids is 1. The van der Waals surface area contributed by atoms with Crippen molar-refractivity contribution in [3.05, 3.63) is 35.6 Å². The molecule has 0 saturated carbocycles. The van der Waals surface area contributed by atoms with E-state index in [1.54, 1.807) is 12.1 Å². The molecule has 1 N–H and O–H groups in total. The van der Waals surface area contributed by atoms with E-state index in [0.29, 0.717) is 6.42 Å². The Kier molecular flexibility index (Phi) is 4.31. The highest BCUT2D eigenvalue weighted by molar-refractivity contribution is 5.74. The van der Waals surface area contributed by atoms with Crippen LogP contribution in [0.3, 0.4) is 0 Å². The summed E-state index contributed by atoms with van der Waals surface area (Å²) < 4.78 is 12.8. The summed E-state index contributed by atoms with van der Waals surface area (Å²) in [6.07, 6.45) is 3.75. The minimum atomic E-state index is -0.791. The highest BCUT2D eigenvalue weighted by Crippen LogP contribution is 2.16. The van der Waals surface area contributed by atoms with Crippen molar-refractivity contribution >= 4 is 5.97 Å². The van der Waals surface area contributed by atoms with Crippen molar-refractivity contribution in [2.24, 2.45) is 0 Å². The average molecular weight is 251 g/mol. The number of carbonyl (C=O) groups is 1. The number of rotatable bonds is 4. The van der Waals surface area contributed by atoms with Gasteiger partial charge in [-0.3, -0.25) is 9.69 Å². The van der Waals surface area contributed by atoms with Gasteiger partial charge in [0.1, 0.15) is 11.9 Å². The van der Waals surface area contributed by atoms with Gasteiger partial charge in [0, 0.05) is 0 Å². The summed E-state index contributed by atoms with van der Waals surface area (Å²) in [5.41, 5.74) is 0.870. The van der Waals surface area contributed by atoms with Crippen LogP contribution in [0, 0.1) is 5.82 Å². The fourth-order valence-corrected chi connectivity index (χ4v) is 2.45. The standard InChI is InChI=1S/C14H18FNO2/c15-12-6-4-11(5-7-12)10-13(14(17)18)16-8-2-1-3-9-16/h4-7,13H,1-3,8-10H2,(H,17,18). The smallest absolute Gasteiger partial charge is 0.321 e. The normalized spacial score (nSPS) is 18.5. The van der Waals surface area contributed by atoms with E-state index in [2.05, 4.69) is 0 Å². The molecule has 1 aliphatic rings. The van der Waals surface area contributed by atoms with Crippen LogP contribution in [-0.4, -0.2) is 35.1 Å². The van der Waals surface area contributed by atoms with Gasteiger partial charge in [0.15, 0.2) is 0 Å². The molecule has 0 amide bonds. The van der Waals surface area contributed by atoms with Crippen molar-refractivity contribution in [3.8, 4) is 0 Å². The van der Waals surface area contributed by atoms with Crippen LogP contribution in [0.1, 0.15) is 24.8 Å². The van der Waals surface area contributed by atoms with E-state index >= 15 is 0 Å². The highest BCUT2D eigenvalue weighted by atomic mass is 19.1. The zero-order valence-electron chi connectivity index (χ0n) is 10.3. The number of halogens is 1. The first-order valence-electron chi connectivity index (χ1n) is 6.38. The molecule has 1 saturated heterocycles. The van der Waals surface area contributed by atoms with Gasteiger partial charge >= 0.3 is 5.97 Å². The van der Waals surface area contributed by atoms with Gasteiger partial charge in [-0.1, -0.05) is 18.6 Å². The van der Waals surface area contributed by atoms with Crippen LogP contribution in [0.5, 0.6) is 0 Å². The number of nitrogens with zero attached hydrogens (tertiary/aromatic N) is 1. The Hall–Kier alpha value is -1.42. The fourth-order valence-electron chi connectivity index (χ4n) is 2.45. The van der Waals surface area contributed by atoms with Gasteiger partial charge in [-0.25, -0.2) is 4.39 Å². The Balaban J connectivity index is 2.05. The first kappa shape index (κ1) is 13.0. The molecule has 1 aliphatic heterocycles.